The molecule has 1 aromatic heterocycles. The number of nitrogens with one attached hydrogen (secondary N) is 1. The smallest absolute Gasteiger partial charge is 0.240 e. The number of anilines is 1. The third-order valence-corrected chi connectivity index (χ3v) is 7.98. The standard InChI is InChI=1S/C21H20ClN3O3S2/c1-13-20(29-21(24-13)17-5-3-4-6-18(17)22)12-23-30(27,28)16-7-8-19-15(11-16)9-10-25(19)14(2)26/h3-8,11,23H,9-10,12H2,1-2H3. The number of carbonyl (C=O) groups excluding carboxylic acids is 1. The lowest BCUT2D eigenvalue weighted by Gasteiger charge is -2.15. The van der Waals surface area contributed by atoms with Crippen molar-refractivity contribution in [1.82, 2.24) is 9.71 Å². The van der Waals surface area contributed by atoms with Crippen LogP contribution in [-0.2, 0) is 27.8 Å². The lowest BCUT2D eigenvalue weighted by molar-refractivity contribution is -0.116. The van der Waals surface area contributed by atoms with Gasteiger partial charge in [0.1, 0.15) is 5.01 Å². The number of amides is 1. The van der Waals surface area contributed by atoms with E-state index in [9.17, 15) is 13.2 Å². The Morgan fingerprint density at radius 1 is 1.27 bits per heavy atom. The molecular weight excluding hydrogens is 442 g/mol. The monoisotopic (exact) mass is 461 g/mol. The predicted molar refractivity (Wildman–Crippen MR) is 119 cm³/mol. The fourth-order valence-corrected chi connectivity index (χ4v) is 5.92. The molecule has 2 aromatic carbocycles. The van der Waals surface area contributed by atoms with Crippen LogP contribution in [0.3, 0.4) is 0 Å². The molecule has 0 saturated carbocycles. The van der Waals surface area contributed by atoms with Gasteiger partial charge in [0, 0.05) is 36.1 Å². The second-order valence-electron chi connectivity index (χ2n) is 7.04. The minimum absolute atomic E-state index is 0.0440. The largest absolute Gasteiger partial charge is 0.312 e. The highest BCUT2D eigenvalue weighted by Gasteiger charge is 2.25. The van der Waals surface area contributed by atoms with E-state index in [-0.39, 0.29) is 17.3 Å². The molecular formula is C21H20ClN3O3S2. The van der Waals surface area contributed by atoms with Crippen molar-refractivity contribution in [2.75, 3.05) is 11.4 Å². The van der Waals surface area contributed by atoms with Gasteiger partial charge < -0.3 is 4.90 Å². The third kappa shape index (κ3) is 4.00. The molecule has 156 valence electrons. The Labute approximate surface area is 184 Å². The molecule has 0 radical (unpaired) electrons. The summed E-state index contributed by atoms with van der Waals surface area (Å²) < 4.78 is 28.3. The Bertz CT molecular complexity index is 1240. The molecule has 9 heteroatoms. The van der Waals surface area contributed by atoms with Crippen LogP contribution in [0.5, 0.6) is 0 Å². The van der Waals surface area contributed by atoms with E-state index in [0.29, 0.717) is 18.0 Å². The Hall–Kier alpha value is -2.26. The van der Waals surface area contributed by atoms with Crippen molar-refractivity contribution in [3.05, 3.63) is 63.6 Å². The molecule has 1 N–H and O–H groups in total. The molecule has 0 aliphatic carbocycles. The molecule has 0 saturated heterocycles. The minimum atomic E-state index is -3.70. The number of nitrogens with zero attached hydrogens (tertiary/aromatic N) is 2. The van der Waals surface area contributed by atoms with Crippen molar-refractivity contribution < 1.29 is 13.2 Å². The van der Waals surface area contributed by atoms with Gasteiger partial charge in [-0.05, 0) is 43.2 Å². The lowest BCUT2D eigenvalue weighted by Crippen LogP contribution is -2.26. The predicted octanol–water partition coefficient (Wildman–Crippen LogP) is 4.16. The van der Waals surface area contributed by atoms with Crippen molar-refractivity contribution in [2.24, 2.45) is 0 Å². The Morgan fingerprint density at radius 2 is 2.03 bits per heavy atom. The van der Waals surface area contributed by atoms with Gasteiger partial charge in [0.25, 0.3) is 0 Å². The maximum atomic E-state index is 12.8. The van der Waals surface area contributed by atoms with E-state index < -0.39 is 10.0 Å². The molecule has 6 nitrogen and oxygen atoms in total. The number of aryl methyl sites for hydroxylation is 1. The molecule has 2 heterocycles. The average Bonchev–Trinajstić information content (AvgIpc) is 3.29. The lowest BCUT2D eigenvalue weighted by atomic mass is 10.2. The number of halogens is 1. The summed E-state index contributed by atoms with van der Waals surface area (Å²) in [7, 11) is -3.70. The maximum absolute atomic E-state index is 12.8. The van der Waals surface area contributed by atoms with Gasteiger partial charge in [-0.25, -0.2) is 18.1 Å². The summed E-state index contributed by atoms with van der Waals surface area (Å²) in [4.78, 5) is 18.9. The molecule has 1 aliphatic rings. The number of carbonyl (C=O) groups is 1. The van der Waals surface area contributed by atoms with E-state index in [4.69, 9.17) is 11.6 Å². The number of benzene rings is 2. The molecule has 30 heavy (non-hydrogen) atoms. The van der Waals surface area contributed by atoms with Crippen LogP contribution in [0.1, 0.15) is 23.1 Å². The minimum Gasteiger partial charge on any atom is -0.312 e. The van der Waals surface area contributed by atoms with Crippen molar-refractivity contribution in [2.45, 2.75) is 31.7 Å². The number of hydrogen-bond acceptors (Lipinski definition) is 5. The van der Waals surface area contributed by atoms with Gasteiger partial charge in [-0.15, -0.1) is 11.3 Å². The number of aromatic nitrogens is 1. The van der Waals surface area contributed by atoms with Crippen LogP contribution in [0.4, 0.5) is 5.69 Å². The van der Waals surface area contributed by atoms with E-state index in [0.717, 1.165) is 32.4 Å². The van der Waals surface area contributed by atoms with Crippen LogP contribution in [0, 0.1) is 6.92 Å². The SMILES string of the molecule is CC(=O)N1CCc2cc(S(=O)(=O)NCc3sc(-c4ccccc4Cl)nc3C)ccc21. The number of fused-ring (bicyclic) bond motifs is 1. The zero-order chi connectivity index (χ0) is 21.5. The normalized spacial score (nSPS) is 13.5. The second-order valence-corrected chi connectivity index (χ2v) is 10.3. The highest BCUT2D eigenvalue weighted by Crippen LogP contribution is 2.33. The first-order chi connectivity index (χ1) is 14.3. The van der Waals surface area contributed by atoms with Crippen molar-refractivity contribution in [3.8, 4) is 10.6 Å². The summed E-state index contributed by atoms with van der Waals surface area (Å²) in [5.74, 6) is -0.0440. The van der Waals surface area contributed by atoms with Crippen LogP contribution in [-0.4, -0.2) is 25.9 Å². The summed E-state index contributed by atoms with van der Waals surface area (Å²) >= 11 is 7.68. The first-order valence-electron chi connectivity index (χ1n) is 9.38. The van der Waals surface area contributed by atoms with Gasteiger partial charge in [0.2, 0.25) is 15.9 Å². The van der Waals surface area contributed by atoms with E-state index in [2.05, 4.69) is 9.71 Å². The molecule has 3 aromatic rings. The van der Waals surface area contributed by atoms with Gasteiger partial charge in [0.15, 0.2) is 0 Å². The number of thiazole rings is 1. The molecule has 0 fully saturated rings. The van der Waals surface area contributed by atoms with Crippen molar-refractivity contribution >= 4 is 44.6 Å². The first-order valence-corrected chi connectivity index (χ1v) is 12.1. The van der Waals surface area contributed by atoms with Crippen molar-refractivity contribution in [3.63, 3.8) is 0 Å². The molecule has 0 bridgehead atoms. The van der Waals surface area contributed by atoms with Gasteiger partial charge in [-0.3, -0.25) is 4.79 Å². The molecule has 4 rings (SSSR count). The van der Waals surface area contributed by atoms with Gasteiger partial charge in [-0.1, -0.05) is 29.8 Å². The van der Waals surface area contributed by atoms with Gasteiger partial charge in [0.05, 0.1) is 15.6 Å². The summed E-state index contributed by atoms with van der Waals surface area (Å²) in [5.41, 5.74) is 3.24. The Balaban J connectivity index is 1.53. The van der Waals surface area contributed by atoms with Crippen LogP contribution in [0.15, 0.2) is 47.4 Å². The molecule has 0 spiro atoms. The fraction of sp³-hybridized carbons (Fsp3) is 0.238. The summed E-state index contributed by atoms with van der Waals surface area (Å²) in [5, 5.41) is 1.37. The second kappa shape index (κ2) is 8.11. The highest BCUT2D eigenvalue weighted by molar-refractivity contribution is 7.89. The molecule has 0 unspecified atom stereocenters. The topological polar surface area (TPSA) is 79.4 Å². The molecule has 1 aliphatic heterocycles. The third-order valence-electron chi connectivity index (χ3n) is 5.06. The van der Waals surface area contributed by atoms with Gasteiger partial charge >= 0.3 is 0 Å². The Kier molecular flexibility index (Phi) is 5.67. The van der Waals surface area contributed by atoms with E-state index in [1.807, 2.05) is 25.1 Å². The maximum Gasteiger partial charge on any atom is 0.240 e. The number of hydrogen-bond donors (Lipinski definition) is 1. The van der Waals surface area contributed by atoms with Crippen LogP contribution in [0.25, 0.3) is 10.6 Å². The van der Waals surface area contributed by atoms with Gasteiger partial charge in [-0.2, -0.15) is 0 Å². The number of rotatable bonds is 5. The molecule has 0 atom stereocenters. The van der Waals surface area contributed by atoms with E-state index in [1.165, 1.54) is 24.3 Å². The fourth-order valence-electron chi connectivity index (χ4n) is 3.46. The summed E-state index contributed by atoms with van der Waals surface area (Å²) in [6.45, 7) is 4.08. The van der Waals surface area contributed by atoms with E-state index in [1.54, 1.807) is 23.1 Å². The summed E-state index contributed by atoms with van der Waals surface area (Å²) in [6.07, 6.45) is 0.646. The highest BCUT2D eigenvalue weighted by atomic mass is 35.5. The van der Waals surface area contributed by atoms with Crippen LogP contribution >= 0.6 is 22.9 Å². The zero-order valence-corrected chi connectivity index (χ0v) is 18.9. The number of sulfonamides is 1. The average molecular weight is 462 g/mol. The quantitative estimate of drug-likeness (QED) is 0.618. The van der Waals surface area contributed by atoms with Crippen LogP contribution < -0.4 is 9.62 Å². The van der Waals surface area contributed by atoms with Crippen LogP contribution in [0.2, 0.25) is 5.02 Å². The Morgan fingerprint density at radius 3 is 2.77 bits per heavy atom. The summed E-state index contributed by atoms with van der Waals surface area (Å²) in [6, 6.07) is 12.3. The van der Waals surface area contributed by atoms with Crippen molar-refractivity contribution in [1.29, 1.82) is 0 Å². The van der Waals surface area contributed by atoms with E-state index >= 15 is 0 Å². The zero-order valence-electron chi connectivity index (χ0n) is 16.5. The molecule has 1 amide bonds. The first kappa shape index (κ1) is 21.0.